The fourth-order valence-corrected chi connectivity index (χ4v) is 3.72. The van der Waals surface area contributed by atoms with Crippen LogP contribution in [0.2, 0.25) is 0 Å². The largest absolute Gasteiger partial charge is 0.438 e. The number of carbonyl (C=O) groups is 1. The third-order valence-corrected chi connectivity index (χ3v) is 5.44. The van der Waals surface area contributed by atoms with Crippen molar-refractivity contribution in [3.63, 3.8) is 0 Å². The maximum atomic E-state index is 12.6. The van der Waals surface area contributed by atoms with Crippen molar-refractivity contribution in [2.45, 2.75) is 13.8 Å². The predicted octanol–water partition coefficient (Wildman–Crippen LogP) is 5.99. The van der Waals surface area contributed by atoms with E-state index in [2.05, 4.69) is 20.6 Å². The number of amides is 1. The van der Waals surface area contributed by atoms with E-state index in [1.54, 1.807) is 41.1 Å². The zero-order chi connectivity index (χ0) is 24.2. The fourth-order valence-electron chi connectivity index (χ4n) is 3.72. The molecular weight excluding hydrogens is 438 g/mol. The lowest BCUT2D eigenvalue weighted by atomic mass is 10.0. The van der Waals surface area contributed by atoms with E-state index in [9.17, 15) is 4.79 Å². The monoisotopic (exact) mass is 461 g/mol. The molecule has 0 saturated heterocycles. The smallest absolute Gasteiger partial charge is 0.255 e. The number of ether oxygens (including phenoxy) is 1. The van der Waals surface area contributed by atoms with Gasteiger partial charge in [-0.3, -0.25) is 4.79 Å². The van der Waals surface area contributed by atoms with Gasteiger partial charge in [0.05, 0.1) is 5.69 Å². The molecule has 5 rings (SSSR count). The first-order chi connectivity index (χ1) is 17.0. The highest BCUT2D eigenvalue weighted by molar-refractivity contribution is 6.04. The van der Waals surface area contributed by atoms with Gasteiger partial charge in [0.2, 0.25) is 5.88 Å². The van der Waals surface area contributed by atoms with Crippen molar-refractivity contribution >= 4 is 11.6 Å². The minimum Gasteiger partial charge on any atom is -0.438 e. The van der Waals surface area contributed by atoms with Crippen molar-refractivity contribution in [1.29, 1.82) is 0 Å². The Morgan fingerprint density at radius 1 is 0.800 bits per heavy atom. The number of nitrogens with zero attached hydrogens (tertiary/aromatic N) is 4. The quantitative estimate of drug-likeness (QED) is 0.336. The number of hydrogen-bond donors (Lipinski definition) is 1. The highest BCUT2D eigenvalue weighted by Crippen LogP contribution is 2.23. The van der Waals surface area contributed by atoms with E-state index in [1.807, 2.05) is 74.5 Å². The average molecular weight is 462 g/mol. The third kappa shape index (κ3) is 5.09. The van der Waals surface area contributed by atoms with Crippen LogP contribution in [0, 0.1) is 13.8 Å². The van der Waals surface area contributed by atoms with Gasteiger partial charge in [-0.1, -0.05) is 42.5 Å². The van der Waals surface area contributed by atoms with Gasteiger partial charge in [0.15, 0.2) is 5.82 Å². The van der Waals surface area contributed by atoms with Crippen LogP contribution in [-0.2, 0) is 0 Å². The van der Waals surface area contributed by atoms with E-state index < -0.39 is 0 Å². The van der Waals surface area contributed by atoms with Gasteiger partial charge >= 0.3 is 0 Å². The molecule has 0 atom stereocenters. The summed E-state index contributed by atoms with van der Waals surface area (Å²) >= 11 is 0. The van der Waals surface area contributed by atoms with E-state index in [0.717, 1.165) is 22.5 Å². The zero-order valence-electron chi connectivity index (χ0n) is 19.3. The molecule has 5 aromatic rings. The molecule has 0 fully saturated rings. The SMILES string of the molecule is Cc1cc(C)n(-c2ccc(Oc3ccc(NC(=O)c4ccc(-c5ccccc5)cc4)cc3)nn2)n1. The van der Waals surface area contributed by atoms with Gasteiger partial charge < -0.3 is 10.1 Å². The Morgan fingerprint density at radius 2 is 1.51 bits per heavy atom. The second-order valence-electron chi connectivity index (χ2n) is 8.09. The number of carbonyl (C=O) groups excluding carboxylic acids is 1. The summed E-state index contributed by atoms with van der Waals surface area (Å²) in [6.45, 7) is 3.90. The van der Waals surface area contributed by atoms with Crippen LogP contribution >= 0.6 is 0 Å². The van der Waals surface area contributed by atoms with Crippen molar-refractivity contribution in [2.24, 2.45) is 0 Å². The first-order valence-electron chi connectivity index (χ1n) is 11.2. The molecule has 0 aliphatic carbocycles. The molecular formula is C28H23N5O2. The molecule has 0 spiro atoms. The summed E-state index contributed by atoms with van der Waals surface area (Å²) in [6.07, 6.45) is 0. The number of aryl methyl sites for hydroxylation is 2. The standard InChI is InChI=1S/C28H23N5O2/c1-19-18-20(2)33(32-19)26-16-17-27(31-30-26)35-25-14-12-24(13-15-25)29-28(34)23-10-8-22(9-11-23)21-6-4-3-5-7-21/h3-18H,1-2H3,(H,29,34). The van der Waals surface area contributed by atoms with Crippen LogP contribution < -0.4 is 10.1 Å². The van der Waals surface area contributed by atoms with Crippen LogP contribution in [0.15, 0.2) is 97.1 Å². The highest BCUT2D eigenvalue weighted by atomic mass is 16.5. The maximum Gasteiger partial charge on any atom is 0.255 e. The average Bonchev–Trinajstić information content (AvgIpc) is 3.24. The molecule has 7 heteroatoms. The summed E-state index contributed by atoms with van der Waals surface area (Å²) in [5.74, 6) is 1.40. The molecule has 7 nitrogen and oxygen atoms in total. The van der Waals surface area contributed by atoms with Gasteiger partial charge in [-0.05, 0) is 73.5 Å². The molecule has 172 valence electrons. The normalized spacial score (nSPS) is 10.7. The number of aromatic nitrogens is 4. The Morgan fingerprint density at radius 3 is 2.14 bits per heavy atom. The zero-order valence-corrected chi connectivity index (χ0v) is 19.3. The number of hydrogen-bond acceptors (Lipinski definition) is 5. The van der Waals surface area contributed by atoms with E-state index in [4.69, 9.17) is 4.74 Å². The summed E-state index contributed by atoms with van der Waals surface area (Å²) in [6, 6.07) is 30.2. The van der Waals surface area contributed by atoms with Crippen molar-refractivity contribution in [2.75, 3.05) is 5.32 Å². The lowest BCUT2D eigenvalue weighted by molar-refractivity contribution is 0.102. The molecule has 0 aliphatic rings. The van der Waals surface area contributed by atoms with Crippen LogP contribution in [0.4, 0.5) is 5.69 Å². The summed E-state index contributed by atoms with van der Waals surface area (Å²) in [5, 5.41) is 15.7. The first kappa shape index (κ1) is 22.0. The van der Waals surface area contributed by atoms with Gasteiger partial charge in [0.1, 0.15) is 5.75 Å². The number of anilines is 1. The molecule has 0 unspecified atom stereocenters. The van der Waals surface area contributed by atoms with Crippen molar-refractivity contribution < 1.29 is 9.53 Å². The Hall–Kier alpha value is -4.78. The summed E-state index contributed by atoms with van der Waals surface area (Å²) in [7, 11) is 0. The molecule has 0 aliphatic heterocycles. The Labute approximate surface area is 203 Å². The van der Waals surface area contributed by atoms with Gasteiger partial charge in [-0.2, -0.15) is 5.10 Å². The summed E-state index contributed by atoms with van der Waals surface area (Å²) in [5.41, 5.74) is 5.33. The second-order valence-corrected chi connectivity index (χ2v) is 8.09. The number of rotatable bonds is 6. The van der Waals surface area contributed by atoms with Gasteiger partial charge in [-0.15, -0.1) is 10.2 Å². The number of nitrogens with one attached hydrogen (secondary N) is 1. The summed E-state index contributed by atoms with van der Waals surface area (Å²) < 4.78 is 7.52. The molecule has 0 saturated carbocycles. The van der Waals surface area contributed by atoms with E-state index >= 15 is 0 Å². The Bertz CT molecular complexity index is 1440. The molecule has 2 aromatic heterocycles. The first-order valence-corrected chi connectivity index (χ1v) is 11.2. The molecule has 3 aromatic carbocycles. The van der Waals surface area contributed by atoms with Gasteiger partial charge in [-0.25, -0.2) is 4.68 Å². The van der Waals surface area contributed by atoms with Crippen LogP contribution in [0.25, 0.3) is 16.9 Å². The molecule has 0 bridgehead atoms. The number of benzene rings is 3. The van der Waals surface area contributed by atoms with Gasteiger partial charge in [0, 0.05) is 23.0 Å². The van der Waals surface area contributed by atoms with Crippen molar-refractivity contribution in [1.82, 2.24) is 20.0 Å². The third-order valence-electron chi connectivity index (χ3n) is 5.44. The second kappa shape index (κ2) is 9.61. The Balaban J connectivity index is 1.20. The molecule has 1 amide bonds. The minimum absolute atomic E-state index is 0.177. The molecule has 35 heavy (non-hydrogen) atoms. The van der Waals surface area contributed by atoms with Crippen LogP contribution in [0.5, 0.6) is 11.6 Å². The maximum absolute atomic E-state index is 12.6. The van der Waals surface area contributed by atoms with Crippen LogP contribution in [0.1, 0.15) is 21.7 Å². The fraction of sp³-hybridized carbons (Fsp3) is 0.0714. The van der Waals surface area contributed by atoms with Crippen LogP contribution in [-0.4, -0.2) is 25.9 Å². The van der Waals surface area contributed by atoms with E-state index in [1.165, 1.54) is 0 Å². The minimum atomic E-state index is -0.177. The van der Waals surface area contributed by atoms with Gasteiger partial charge in [0.25, 0.3) is 5.91 Å². The highest BCUT2D eigenvalue weighted by Gasteiger charge is 2.09. The van der Waals surface area contributed by atoms with Crippen LogP contribution in [0.3, 0.4) is 0 Å². The van der Waals surface area contributed by atoms with E-state index in [0.29, 0.717) is 28.7 Å². The predicted molar refractivity (Wildman–Crippen MR) is 135 cm³/mol. The topological polar surface area (TPSA) is 81.9 Å². The molecule has 1 N–H and O–H groups in total. The van der Waals surface area contributed by atoms with Crippen molar-refractivity contribution in [3.8, 4) is 28.6 Å². The molecule has 2 heterocycles. The molecule has 0 radical (unpaired) electrons. The Kier molecular flexibility index (Phi) is 6.05. The lowest BCUT2D eigenvalue weighted by Crippen LogP contribution is -2.11. The summed E-state index contributed by atoms with van der Waals surface area (Å²) in [4.78, 5) is 12.6. The van der Waals surface area contributed by atoms with E-state index in [-0.39, 0.29) is 5.91 Å². The lowest BCUT2D eigenvalue weighted by Gasteiger charge is -2.09. The van der Waals surface area contributed by atoms with Crippen molar-refractivity contribution in [3.05, 3.63) is 114 Å².